The third-order valence-electron chi connectivity index (χ3n) is 4.15. The number of alkyl carbamates (subject to hydrolysis) is 1. The molecule has 1 N–H and O–H groups in total. The molecule has 0 radical (unpaired) electrons. The molecule has 29 heavy (non-hydrogen) atoms. The number of hydrogen-bond donors (Lipinski definition) is 1. The van der Waals surface area contributed by atoms with Gasteiger partial charge in [0.05, 0.1) is 26.4 Å². The van der Waals surface area contributed by atoms with Crippen molar-refractivity contribution in [3.63, 3.8) is 0 Å². The highest BCUT2D eigenvalue weighted by atomic mass is 16.6. The fourth-order valence-corrected chi connectivity index (χ4v) is 1.69. The van der Waals surface area contributed by atoms with Crippen molar-refractivity contribution in [1.82, 2.24) is 5.32 Å². The first-order valence-electron chi connectivity index (χ1n) is 10.4. The highest BCUT2D eigenvalue weighted by molar-refractivity contribution is 5.81. The van der Waals surface area contributed by atoms with E-state index < -0.39 is 12.1 Å². The smallest absolute Gasteiger partial charge is 0.407 e. The van der Waals surface area contributed by atoms with E-state index in [2.05, 4.69) is 44.3 Å². The molecule has 170 valence electrons. The van der Waals surface area contributed by atoms with Gasteiger partial charge in [0, 0.05) is 19.3 Å². The number of amides is 1. The molecule has 8 heteroatoms. The molecule has 0 saturated carbocycles. The number of epoxide rings is 1. The van der Waals surface area contributed by atoms with E-state index in [4.69, 9.17) is 18.9 Å². The van der Waals surface area contributed by atoms with Crippen molar-refractivity contribution in [2.45, 2.75) is 46.6 Å². The molecule has 3 unspecified atom stereocenters. The van der Waals surface area contributed by atoms with Crippen LogP contribution in [0.5, 0.6) is 0 Å². The summed E-state index contributed by atoms with van der Waals surface area (Å²) in [5.41, 5.74) is 0. The second-order valence-electron chi connectivity index (χ2n) is 7.03. The van der Waals surface area contributed by atoms with Gasteiger partial charge in [0.2, 0.25) is 0 Å². The Morgan fingerprint density at radius 2 is 1.69 bits per heavy atom. The van der Waals surface area contributed by atoms with Crippen LogP contribution in [0.2, 0.25) is 0 Å². The van der Waals surface area contributed by atoms with Crippen molar-refractivity contribution in [1.29, 1.82) is 0 Å². The fourth-order valence-electron chi connectivity index (χ4n) is 1.69. The first-order chi connectivity index (χ1) is 13.9. The van der Waals surface area contributed by atoms with Gasteiger partial charge < -0.3 is 29.0 Å². The summed E-state index contributed by atoms with van der Waals surface area (Å²) in [7, 11) is 0. The number of nitrogens with one attached hydrogen (secondary N) is 1. The summed E-state index contributed by atoms with van der Waals surface area (Å²) in [4.78, 5) is 21.8. The molecule has 0 aromatic heterocycles. The van der Waals surface area contributed by atoms with Crippen molar-refractivity contribution in [3.8, 4) is 0 Å². The maximum absolute atomic E-state index is 11.2. The Morgan fingerprint density at radius 3 is 2.24 bits per heavy atom. The minimum absolute atomic E-state index is 0.0878. The molecule has 1 heterocycles. The predicted octanol–water partition coefficient (Wildman–Crippen LogP) is 2.95. The third-order valence-corrected chi connectivity index (χ3v) is 4.15. The molecule has 0 aromatic rings. The summed E-state index contributed by atoms with van der Waals surface area (Å²) in [6, 6.07) is 0. The van der Waals surface area contributed by atoms with Crippen LogP contribution in [0.4, 0.5) is 4.79 Å². The maximum Gasteiger partial charge on any atom is 0.407 e. The number of carbonyl (C=O) groups is 2. The molecule has 1 saturated heterocycles. The third kappa shape index (κ3) is 19.4. The topological polar surface area (TPSA) is 95.6 Å². The van der Waals surface area contributed by atoms with Gasteiger partial charge in [0.25, 0.3) is 0 Å². The second-order valence-corrected chi connectivity index (χ2v) is 7.03. The Morgan fingerprint density at radius 1 is 1.07 bits per heavy atom. The zero-order valence-electron chi connectivity index (χ0n) is 18.4. The molecule has 0 bridgehead atoms. The van der Waals surface area contributed by atoms with Gasteiger partial charge in [-0.2, -0.15) is 0 Å². The highest BCUT2D eigenvalue weighted by Crippen LogP contribution is 2.10. The van der Waals surface area contributed by atoms with Gasteiger partial charge in [-0.05, 0) is 11.8 Å². The largest absolute Gasteiger partial charge is 0.461 e. The lowest BCUT2D eigenvalue weighted by molar-refractivity contribution is -0.137. The lowest BCUT2D eigenvalue weighted by Gasteiger charge is -2.10. The van der Waals surface area contributed by atoms with Gasteiger partial charge in [0.1, 0.15) is 19.3 Å². The summed E-state index contributed by atoms with van der Waals surface area (Å²) in [6.45, 7) is 15.9. The number of rotatable bonds is 15. The van der Waals surface area contributed by atoms with Crippen LogP contribution in [0, 0.1) is 11.8 Å². The molecule has 1 aliphatic heterocycles. The first-order valence-corrected chi connectivity index (χ1v) is 10.4. The number of hydrogen-bond acceptors (Lipinski definition) is 7. The first kappa shape index (κ1) is 27.4. The van der Waals surface area contributed by atoms with Crippen molar-refractivity contribution in [3.05, 3.63) is 12.7 Å². The number of carbonyl (C=O) groups excluding carboxylic acids is 2. The van der Waals surface area contributed by atoms with Gasteiger partial charge in [0.15, 0.2) is 0 Å². The summed E-state index contributed by atoms with van der Waals surface area (Å²) in [5.74, 6) is 0.681. The van der Waals surface area contributed by atoms with Gasteiger partial charge >= 0.3 is 12.1 Å². The van der Waals surface area contributed by atoms with E-state index >= 15 is 0 Å². The minimum atomic E-state index is -0.554. The molecular weight excluding hydrogens is 378 g/mol. The Hall–Kier alpha value is -1.64. The molecule has 0 aromatic carbocycles. The van der Waals surface area contributed by atoms with Crippen molar-refractivity contribution in [2.24, 2.45) is 11.8 Å². The summed E-state index contributed by atoms with van der Waals surface area (Å²) < 4.78 is 25.2. The lowest BCUT2D eigenvalue weighted by Crippen LogP contribution is -2.29. The summed E-state index contributed by atoms with van der Waals surface area (Å²) in [6.07, 6.45) is 3.19. The van der Waals surface area contributed by atoms with Gasteiger partial charge in [-0.15, -0.1) is 0 Å². The molecule has 1 amide bonds. The summed E-state index contributed by atoms with van der Waals surface area (Å²) in [5, 5.41) is 2.44. The van der Waals surface area contributed by atoms with Crippen molar-refractivity contribution >= 4 is 12.1 Å². The Bertz CT molecular complexity index is 441. The summed E-state index contributed by atoms with van der Waals surface area (Å²) >= 11 is 0. The van der Waals surface area contributed by atoms with Gasteiger partial charge in [-0.1, -0.05) is 47.1 Å². The quantitative estimate of drug-likeness (QED) is 0.189. The standard InChI is InChI=1S/C13H23NO5.C8H16O2/c1-4-11(3)10-17-8-9-19-13(16)14-6-7-18-12(15)5-2;1-3-7(2)4-9-5-8-6-10-8/h5,11H,2,4,6-10H2,1,3H3,(H,14,16);7-8H,3-6H2,1-2H3. The van der Waals surface area contributed by atoms with E-state index in [0.717, 1.165) is 32.3 Å². The highest BCUT2D eigenvalue weighted by Gasteiger charge is 2.22. The molecule has 3 atom stereocenters. The van der Waals surface area contributed by atoms with E-state index in [1.54, 1.807) is 0 Å². The minimum Gasteiger partial charge on any atom is -0.461 e. The molecule has 0 spiro atoms. The number of ether oxygens (including phenoxy) is 5. The van der Waals surface area contributed by atoms with E-state index in [9.17, 15) is 9.59 Å². The SMILES string of the molecule is C=CC(=O)OCCNC(=O)OCCOCC(C)CC.CCC(C)COCC1CO1. The van der Waals surface area contributed by atoms with Gasteiger partial charge in [-0.3, -0.25) is 0 Å². The van der Waals surface area contributed by atoms with Crippen LogP contribution in [0.3, 0.4) is 0 Å². The molecule has 0 aliphatic carbocycles. The van der Waals surface area contributed by atoms with Gasteiger partial charge in [-0.25, -0.2) is 9.59 Å². The number of esters is 1. The van der Waals surface area contributed by atoms with E-state index in [0.29, 0.717) is 31.2 Å². The van der Waals surface area contributed by atoms with E-state index in [1.165, 1.54) is 6.42 Å². The van der Waals surface area contributed by atoms with Crippen LogP contribution >= 0.6 is 0 Å². The zero-order valence-corrected chi connectivity index (χ0v) is 18.4. The molecular formula is C21H39NO7. The molecule has 1 aliphatic rings. The Labute approximate surface area is 175 Å². The lowest BCUT2D eigenvalue weighted by atomic mass is 10.1. The molecule has 1 fully saturated rings. The Kier molecular flexibility index (Phi) is 17.4. The van der Waals surface area contributed by atoms with Crippen molar-refractivity contribution in [2.75, 3.05) is 52.8 Å². The van der Waals surface area contributed by atoms with Crippen LogP contribution in [0.15, 0.2) is 12.7 Å². The zero-order chi connectivity index (χ0) is 21.9. The predicted molar refractivity (Wildman–Crippen MR) is 111 cm³/mol. The fraction of sp³-hybridized carbons (Fsp3) is 0.810. The van der Waals surface area contributed by atoms with Crippen LogP contribution < -0.4 is 5.32 Å². The monoisotopic (exact) mass is 417 g/mol. The normalized spacial score (nSPS) is 16.6. The Balaban J connectivity index is 0.000000651. The van der Waals surface area contributed by atoms with E-state index in [1.807, 2.05) is 0 Å². The van der Waals surface area contributed by atoms with Crippen LogP contribution in [-0.4, -0.2) is 71.0 Å². The average Bonchev–Trinajstić information content (AvgIpc) is 3.55. The van der Waals surface area contributed by atoms with Crippen LogP contribution in [0.1, 0.15) is 40.5 Å². The van der Waals surface area contributed by atoms with Crippen LogP contribution in [-0.2, 0) is 28.5 Å². The maximum atomic E-state index is 11.2. The average molecular weight is 418 g/mol. The van der Waals surface area contributed by atoms with Crippen LogP contribution in [0.25, 0.3) is 0 Å². The molecule has 8 nitrogen and oxygen atoms in total. The van der Waals surface area contributed by atoms with Crippen molar-refractivity contribution < 1.29 is 33.3 Å². The van der Waals surface area contributed by atoms with E-state index in [-0.39, 0.29) is 19.8 Å². The molecule has 1 rings (SSSR count). The second kappa shape index (κ2) is 18.4.